The van der Waals surface area contributed by atoms with E-state index in [4.69, 9.17) is 9.15 Å². The van der Waals surface area contributed by atoms with Crippen LogP contribution in [0, 0.1) is 6.92 Å². The lowest BCUT2D eigenvalue weighted by Crippen LogP contribution is -2.13. The highest BCUT2D eigenvalue weighted by molar-refractivity contribution is 5.92. The molecule has 182 valence electrons. The first kappa shape index (κ1) is 23.5. The van der Waals surface area contributed by atoms with Gasteiger partial charge in [-0.05, 0) is 25.1 Å². The summed E-state index contributed by atoms with van der Waals surface area (Å²) in [4.78, 5) is 25.4. The summed E-state index contributed by atoms with van der Waals surface area (Å²) >= 11 is 0. The monoisotopic (exact) mass is 482 g/mol. The molecule has 1 atom stereocenters. The molecule has 35 heavy (non-hydrogen) atoms. The molecule has 0 unspecified atom stereocenters. The molecule has 0 saturated carbocycles. The predicted molar refractivity (Wildman–Crippen MR) is 123 cm³/mol. The molecule has 0 bridgehead atoms. The molecule has 2 heterocycles. The van der Waals surface area contributed by atoms with Crippen LogP contribution in [-0.4, -0.2) is 48.4 Å². The number of nitrogens with zero attached hydrogens (tertiary/aromatic N) is 2. The van der Waals surface area contributed by atoms with Crippen LogP contribution in [0.3, 0.4) is 0 Å². The SMILES string of the molecule is COC(=O)C[C@H](c1cnn(C)c1C)c1c(O)cc(O)c2c(=O)c(O)c(-c3ccc(O)c(O)c3)oc12. The van der Waals surface area contributed by atoms with Gasteiger partial charge in [-0.3, -0.25) is 14.3 Å². The predicted octanol–water partition coefficient (Wildman–Crippen LogP) is 2.72. The van der Waals surface area contributed by atoms with Crippen molar-refractivity contribution in [2.24, 2.45) is 7.05 Å². The van der Waals surface area contributed by atoms with E-state index in [1.54, 1.807) is 18.7 Å². The van der Waals surface area contributed by atoms with Crippen molar-refractivity contribution in [3.05, 3.63) is 57.5 Å². The summed E-state index contributed by atoms with van der Waals surface area (Å²) in [7, 11) is 2.90. The van der Waals surface area contributed by atoms with Crippen molar-refractivity contribution in [2.45, 2.75) is 19.3 Å². The normalized spacial score (nSPS) is 12.1. The van der Waals surface area contributed by atoms with E-state index >= 15 is 0 Å². The van der Waals surface area contributed by atoms with Crippen LogP contribution in [0.15, 0.2) is 39.7 Å². The maximum atomic E-state index is 13.1. The summed E-state index contributed by atoms with van der Waals surface area (Å²) in [5, 5.41) is 55.2. The van der Waals surface area contributed by atoms with Crippen LogP contribution in [0.5, 0.6) is 28.7 Å². The lowest BCUT2D eigenvalue weighted by molar-refractivity contribution is -0.140. The molecule has 0 amide bonds. The van der Waals surface area contributed by atoms with Crippen LogP contribution in [-0.2, 0) is 16.6 Å². The number of ether oxygens (including phenoxy) is 1. The standard InChI is InChI=1S/C24H22N2O9/c1-10-13(9-25-26(10)2)12(7-18(31)34-3)19-16(29)8-17(30)20-21(32)22(33)23(35-24(19)20)11-4-5-14(27)15(28)6-11/h4-6,8-9,12,27-30,33H,7H2,1-3H3/t12-/m1/s1. The molecule has 0 radical (unpaired) electrons. The minimum Gasteiger partial charge on any atom is -0.507 e. The molecule has 0 fully saturated rings. The Bertz CT molecular complexity index is 1530. The summed E-state index contributed by atoms with van der Waals surface area (Å²) in [5.74, 6) is -4.86. The van der Waals surface area contributed by atoms with Gasteiger partial charge in [-0.2, -0.15) is 5.10 Å². The number of fused-ring (bicyclic) bond motifs is 1. The Balaban J connectivity index is 2.10. The minimum absolute atomic E-state index is 0.0133. The Labute approximate surface area is 197 Å². The van der Waals surface area contributed by atoms with Gasteiger partial charge < -0.3 is 34.7 Å². The number of carbonyl (C=O) groups is 1. The molecule has 2 aromatic carbocycles. The number of benzene rings is 2. The number of phenols is 4. The van der Waals surface area contributed by atoms with E-state index in [0.29, 0.717) is 11.3 Å². The highest BCUT2D eigenvalue weighted by Crippen LogP contribution is 2.45. The zero-order chi connectivity index (χ0) is 25.6. The van der Waals surface area contributed by atoms with E-state index in [1.165, 1.54) is 19.4 Å². The quantitative estimate of drug-likeness (QED) is 0.210. The van der Waals surface area contributed by atoms with Crippen LogP contribution in [0.4, 0.5) is 0 Å². The van der Waals surface area contributed by atoms with Crippen molar-refractivity contribution in [3.63, 3.8) is 0 Å². The molecule has 4 rings (SSSR count). The van der Waals surface area contributed by atoms with Crippen molar-refractivity contribution in [1.29, 1.82) is 0 Å². The molecule has 0 saturated heterocycles. The maximum Gasteiger partial charge on any atom is 0.306 e. The van der Waals surface area contributed by atoms with Gasteiger partial charge in [0, 0.05) is 41.4 Å². The number of aromatic hydroxyl groups is 5. The molecule has 5 N–H and O–H groups in total. The van der Waals surface area contributed by atoms with Gasteiger partial charge >= 0.3 is 5.97 Å². The Hall–Kier alpha value is -4.67. The summed E-state index contributed by atoms with van der Waals surface area (Å²) in [6.07, 6.45) is 1.23. The van der Waals surface area contributed by atoms with Gasteiger partial charge in [-0.25, -0.2) is 0 Å². The van der Waals surface area contributed by atoms with Gasteiger partial charge in [0.1, 0.15) is 22.5 Å². The second kappa shape index (κ2) is 8.60. The van der Waals surface area contributed by atoms with Crippen LogP contribution >= 0.6 is 0 Å². The molecular weight excluding hydrogens is 460 g/mol. The molecule has 0 aliphatic heterocycles. The summed E-state index contributed by atoms with van der Waals surface area (Å²) in [5.41, 5.74) is -0.0882. The number of esters is 1. The molecule has 0 aliphatic carbocycles. The first-order valence-electron chi connectivity index (χ1n) is 10.4. The molecule has 0 aliphatic rings. The first-order chi connectivity index (χ1) is 16.5. The maximum absolute atomic E-state index is 13.1. The van der Waals surface area contributed by atoms with Gasteiger partial charge in [0.2, 0.25) is 11.2 Å². The van der Waals surface area contributed by atoms with Gasteiger partial charge in [0.15, 0.2) is 17.3 Å². The number of aromatic nitrogens is 2. The minimum atomic E-state index is -1.01. The van der Waals surface area contributed by atoms with Gasteiger partial charge in [0.25, 0.3) is 0 Å². The van der Waals surface area contributed by atoms with Crippen molar-refractivity contribution in [1.82, 2.24) is 9.78 Å². The van der Waals surface area contributed by atoms with Gasteiger partial charge in [-0.1, -0.05) is 0 Å². The highest BCUT2D eigenvalue weighted by atomic mass is 16.5. The number of hydrogen-bond donors (Lipinski definition) is 5. The van der Waals surface area contributed by atoms with E-state index in [-0.39, 0.29) is 28.9 Å². The molecular formula is C24H22N2O9. The van der Waals surface area contributed by atoms with E-state index in [2.05, 4.69) is 5.10 Å². The average molecular weight is 482 g/mol. The Morgan fingerprint density at radius 1 is 1.09 bits per heavy atom. The number of carbonyl (C=O) groups excluding carboxylic acids is 1. The summed E-state index contributed by atoms with van der Waals surface area (Å²) in [6.45, 7) is 1.75. The third-order valence-electron chi connectivity index (χ3n) is 5.97. The lowest BCUT2D eigenvalue weighted by atomic mass is 9.86. The lowest BCUT2D eigenvalue weighted by Gasteiger charge is -2.20. The van der Waals surface area contributed by atoms with E-state index in [1.807, 2.05) is 0 Å². The smallest absolute Gasteiger partial charge is 0.306 e. The Morgan fingerprint density at radius 2 is 1.80 bits per heavy atom. The fourth-order valence-electron chi connectivity index (χ4n) is 4.02. The van der Waals surface area contributed by atoms with Crippen molar-refractivity contribution >= 4 is 16.9 Å². The third-order valence-corrected chi connectivity index (χ3v) is 5.97. The van der Waals surface area contributed by atoms with Crippen molar-refractivity contribution in [2.75, 3.05) is 7.11 Å². The highest BCUT2D eigenvalue weighted by Gasteiger charge is 2.31. The molecule has 2 aromatic heterocycles. The topological polar surface area (TPSA) is 175 Å². The zero-order valence-corrected chi connectivity index (χ0v) is 18.9. The number of methoxy groups -OCH3 is 1. The molecule has 11 nitrogen and oxygen atoms in total. The average Bonchev–Trinajstić information content (AvgIpc) is 3.14. The first-order valence-corrected chi connectivity index (χ1v) is 10.4. The van der Waals surface area contributed by atoms with Crippen LogP contribution in [0.2, 0.25) is 0 Å². The van der Waals surface area contributed by atoms with E-state index in [9.17, 15) is 35.1 Å². The Kier molecular flexibility index (Phi) is 5.77. The summed E-state index contributed by atoms with van der Waals surface area (Å²) < 4.78 is 12.3. The second-order valence-electron chi connectivity index (χ2n) is 7.99. The van der Waals surface area contributed by atoms with E-state index in [0.717, 1.165) is 18.2 Å². The van der Waals surface area contributed by atoms with Crippen LogP contribution in [0.25, 0.3) is 22.3 Å². The molecule has 0 spiro atoms. The number of hydrogen-bond acceptors (Lipinski definition) is 10. The zero-order valence-electron chi connectivity index (χ0n) is 18.9. The summed E-state index contributed by atoms with van der Waals surface area (Å²) in [6, 6.07) is 4.42. The van der Waals surface area contributed by atoms with Crippen molar-refractivity contribution < 1.29 is 39.5 Å². The molecule has 11 heteroatoms. The van der Waals surface area contributed by atoms with Gasteiger partial charge in [-0.15, -0.1) is 0 Å². The number of aryl methyl sites for hydroxylation is 1. The van der Waals surface area contributed by atoms with Crippen molar-refractivity contribution in [3.8, 4) is 40.1 Å². The third kappa shape index (κ3) is 3.86. The number of rotatable bonds is 5. The van der Waals surface area contributed by atoms with Gasteiger partial charge in [0.05, 0.1) is 19.7 Å². The number of phenolic OH excluding ortho intramolecular Hbond substituents is 4. The largest absolute Gasteiger partial charge is 0.507 e. The fourth-order valence-corrected chi connectivity index (χ4v) is 4.02. The fraction of sp³-hybridized carbons (Fsp3) is 0.208. The van der Waals surface area contributed by atoms with Crippen LogP contribution in [0.1, 0.15) is 29.2 Å². The second-order valence-corrected chi connectivity index (χ2v) is 7.99. The molecule has 4 aromatic rings. The Morgan fingerprint density at radius 3 is 2.40 bits per heavy atom. The van der Waals surface area contributed by atoms with Crippen LogP contribution < -0.4 is 5.43 Å². The van der Waals surface area contributed by atoms with E-state index < -0.39 is 51.4 Å².